The molecule has 1 aliphatic carbocycles. The number of nitriles is 2. The van der Waals surface area contributed by atoms with E-state index in [1.807, 2.05) is 36.5 Å². The summed E-state index contributed by atoms with van der Waals surface area (Å²) in [5, 5.41) is 21.3. The van der Waals surface area contributed by atoms with Crippen molar-refractivity contribution in [1.29, 1.82) is 10.5 Å². The van der Waals surface area contributed by atoms with Crippen LogP contribution in [0, 0.1) is 22.7 Å². The summed E-state index contributed by atoms with van der Waals surface area (Å²) in [4.78, 5) is 4.15. The van der Waals surface area contributed by atoms with E-state index in [9.17, 15) is 10.5 Å². The van der Waals surface area contributed by atoms with Crippen LogP contribution in [0.4, 0.5) is 0 Å². The third kappa shape index (κ3) is 5.55. The fourth-order valence-corrected chi connectivity index (χ4v) is 7.91. The number of aromatic nitrogens is 1. The number of hydrogen-bond acceptors (Lipinski definition) is 5. The van der Waals surface area contributed by atoms with Gasteiger partial charge in [-0.3, -0.25) is 0 Å². The molecule has 6 heteroatoms. The number of nitrogens with zero attached hydrogens (tertiary/aromatic N) is 4. The molecule has 2 heterocycles. The average Bonchev–Trinajstić information content (AvgIpc) is 3.48. The zero-order valence-corrected chi connectivity index (χ0v) is 29.9. The molecule has 0 N–H and O–H groups in total. The van der Waals surface area contributed by atoms with Gasteiger partial charge in [0.25, 0.3) is 0 Å². The second-order valence-corrected chi connectivity index (χ2v) is 13.2. The quantitative estimate of drug-likeness (QED) is 0.129. The zero-order chi connectivity index (χ0) is 30.9. The molecule has 0 unspecified atom stereocenters. The summed E-state index contributed by atoms with van der Waals surface area (Å²) >= 11 is 2.25. The van der Waals surface area contributed by atoms with Gasteiger partial charge >= 0.3 is 155 Å². The SMILES string of the molecule is C/C(=C\C(C#N)=[N][Tl])c1cccc(-c2ccc3c(c2)sc2cc(-c4cccc(-c5ccnc(C#N)c5)c4)c4c(c23)C=CCC4)c1. The molecule has 0 aliphatic heterocycles. The van der Waals surface area contributed by atoms with Crippen LogP contribution >= 0.6 is 11.3 Å². The molecular formula is C39H25N4STl. The molecule has 4 nitrogen and oxygen atoms in total. The Hall–Kier alpha value is -4.70. The molecule has 0 amide bonds. The number of thiophene rings is 1. The van der Waals surface area contributed by atoms with Crippen molar-refractivity contribution in [3.05, 3.63) is 126 Å². The third-order valence-corrected chi connectivity index (χ3v) is 10.6. The standard InChI is InChI=1S/C39H25N4S.Tl/c1-24(16-31(42)22-40)25-6-4-7-26(17-25)28-12-13-35-37(20-28)44-38-21-36(33-10-2-3-11-34(33)39(35)38)30-9-5-8-27(18-30)29-14-15-43-32(19-29)23-41;/h3-9,11-21H,2,10H2,1H3;/q-1;+1/b24-16+;. The van der Waals surface area contributed by atoms with Gasteiger partial charge in [-0.2, -0.15) is 5.26 Å². The van der Waals surface area contributed by atoms with Crippen LogP contribution in [0.2, 0.25) is 0 Å². The van der Waals surface area contributed by atoms with E-state index < -0.39 is 0 Å². The monoisotopic (exact) mass is 786 g/mol. The summed E-state index contributed by atoms with van der Waals surface area (Å²) < 4.78 is 6.77. The van der Waals surface area contributed by atoms with Crippen molar-refractivity contribution in [2.75, 3.05) is 0 Å². The van der Waals surface area contributed by atoms with Crippen LogP contribution in [-0.2, 0) is 6.42 Å². The van der Waals surface area contributed by atoms with Gasteiger partial charge in [-0.05, 0) is 70.5 Å². The summed E-state index contributed by atoms with van der Waals surface area (Å²) in [7, 11) is 0. The molecule has 0 atom stereocenters. The Balaban J connectivity index is 1.34. The molecule has 0 fully saturated rings. The predicted molar refractivity (Wildman–Crippen MR) is 188 cm³/mol. The van der Waals surface area contributed by atoms with Crippen LogP contribution in [0.15, 0.2) is 106 Å². The first-order chi connectivity index (χ1) is 22.1. The van der Waals surface area contributed by atoms with Gasteiger partial charge in [0.1, 0.15) is 11.8 Å². The van der Waals surface area contributed by atoms with Crippen LogP contribution in [-0.4, -0.2) is 36.8 Å². The second-order valence-electron chi connectivity index (χ2n) is 11.1. The van der Waals surface area contributed by atoms with Crippen LogP contribution in [0.1, 0.15) is 35.7 Å². The van der Waals surface area contributed by atoms with Crippen LogP contribution in [0.3, 0.4) is 0 Å². The van der Waals surface area contributed by atoms with E-state index in [0.29, 0.717) is 37.5 Å². The van der Waals surface area contributed by atoms with Gasteiger partial charge in [0, 0.05) is 6.20 Å². The van der Waals surface area contributed by atoms with Gasteiger partial charge in [-0.15, -0.1) is 0 Å². The second kappa shape index (κ2) is 12.4. The van der Waals surface area contributed by atoms with Crippen LogP contribution < -0.4 is 0 Å². The van der Waals surface area contributed by atoms with Gasteiger partial charge in [0.2, 0.25) is 0 Å². The Morgan fingerprint density at radius 2 is 1.67 bits per heavy atom. The number of benzene rings is 4. The average molecular weight is 786 g/mol. The Bertz CT molecular complexity index is 2330. The molecule has 6 aromatic rings. The summed E-state index contributed by atoms with van der Waals surface area (Å²) in [5.41, 5.74) is 12.6. The van der Waals surface area contributed by atoms with E-state index in [1.165, 1.54) is 48.0 Å². The molecule has 0 radical (unpaired) electrons. The molecular weight excluding hydrogens is 761 g/mol. The van der Waals surface area contributed by atoms with E-state index in [2.05, 4.69) is 105 Å². The molecule has 0 spiro atoms. The van der Waals surface area contributed by atoms with Gasteiger partial charge < -0.3 is 0 Å². The maximum absolute atomic E-state index is 9.36. The number of pyridine rings is 1. The molecule has 4 aromatic carbocycles. The van der Waals surface area contributed by atoms with E-state index in [-0.39, 0.29) is 0 Å². The van der Waals surface area contributed by atoms with Crippen molar-refractivity contribution in [2.24, 2.45) is 2.80 Å². The number of rotatable bonds is 5. The predicted octanol–water partition coefficient (Wildman–Crippen LogP) is 9.73. The number of allylic oxidation sites excluding steroid dienone is 3. The zero-order valence-electron chi connectivity index (χ0n) is 24.6. The van der Waals surface area contributed by atoms with Gasteiger partial charge in [-0.25, -0.2) is 4.98 Å². The van der Waals surface area contributed by atoms with Crippen LogP contribution in [0.5, 0.6) is 0 Å². The van der Waals surface area contributed by atoms with Crippen LogP contribution in [0.25, 0.3) is 65.2 Å². The summed E-state index contributed by atoms with van der Waals surface area (Å²) in [6, 6.07) is 34.5. The normalized spacial score (nSPS) is 13.0. The number of fused-ring (bicyclic) bond motifs is 5. The summed E-state index contributed by atoms with van der Waals surface area (Å²) in [5.74, 6) is 0. The Morgan fingerprint density at radius 3 is 2.49 bits per heavy atom. The van der Waals surface area contributed by atoms with E-state index in [1.54, 1.807) is 6.20 Å². The molecule has 45 heavy (non-hydrogen) atoms. The van der Waals surface area contributed by atoms with Gasteiger partial charge in [0.05, 0.1) is 0 Å². The van der Waals surface area contributed by atoms with Crippen molar-refractivity contribution >= 4 is 74.9 Å². The fraction of sp³-hybridized carbons (Fsp3) is 0.0769. The minimum atomic E-state index is 0.404. The fourth-order valence-electron chi connectivity index (χ4n) is 6.20. The molecule has 0 saturated heterocycles. The van der Waals surface area contributed by atoms with E-state index >= 15 is 0 Å². The summed E-state index contributed by atoms with van der Waals surface area (Å²) in [6.07, 6.45) is 10.2. The van der Waals surface area contributed by atoms with E-state index in [0.717, 1.165) is 40.7 Å². The Morgan fingerprint density at radius 1 is 0.889 bits per heavy atom. The first-order valence-corrected chi connectivity index (χ1v) is 17.5. The Labute approximate surface area is 282 Å². The topological polar surface area (TPSA) is 72.8 Å². The minimum absolute atomic E-state index is 0.404. The van der Waals surface area contributed by atoms with E-state index in [4.69, 9.17) is 0 Å². The van der Waals surface area contributed by atoms with Crippen molar-refractivity contribution in [1.82, 2.24) is 4.98 Å². The first-order valence-electron chi connectivity index (χ1n) is 14.7. The number of hydrogen-bond donors (Lipinski definition) is 0. The molecule has 2 aromatic heterocycles. The van der Waals surface area contributed by atoms with Crippen molar-refractivity contribution < 1.29 is 0 Å². The maximum atomic E-state index is 9.36. The van der Waals surface area contributed by atoms with Crippen molar-refractivity contribution in [2.45, 2.75) is 19.8 Å². The molecule has 0 saturated carbocycles. The summed E-state index contributed by atoms with van der Waals surface area (Å²) in [6.45, 7) is 2.03. The Kier molecular flexibility index (Phi) is 7.98. The molecule has 0 bridgehead atoms. The third-order valence-electron chi connectivity index (χ3n) is 8.40. The molecule has 210 valence electrons. The molecule has 7 rings (SSSR count). The first kappa shape index (κ1) is 29.0. The molecule has 1 aliphatic rings. The van der Waals surface area contributed by atoms with Gasteiger partial charge in [-0.1, -0.05) is 30.4 Å². The van der Waals surface area contributed by atoms with Crippen molar-refractivity contribution in [3.63, 3.8) is 0 Å². The van der Waals surface area contributed by atoms with Gasteiger partial charge in [0.15, 0.2) is 0 Å². The van der Waals surface area contributed by atoms with Crippen molar-refractivity contribution in [3.8, 4) is 45.5 Å².